The van der Waals surface area contributed by atoms with Gasteiger partial charge in [0.2, 0.25) is 0 Å². The van der Waals surface area contributed by atoms with Crippen LogP contribution in [0.5, 0.6) is 5.75 Å². The van der Waals surface area contributed by atoms with E-state index in [9.17, 15) is 4.79 Å². The second kappa shape index (κ2) is 3.49. The summed E-state index contributed by atoms with van der Waals surface area (Å²) in [7, 11) is 1.62. The summed E-state index contributed by atoms with van der Waals surface area (Å²) in [5, 5.41) is 3.32. The molecule has 84 valence electrons. The van der Waals surface area contributed by atoms with Crippen LogP contribution in [0.15, 0.2) is 18.2 Å². The first-order valence-electron chi connectivity index (χ1n) is 5.51. The third-order valence-corrected chi connectivity index (χ3v) is 3.35. The summed E-state index contributed by atoms with van der Waals surface area (Å²) in [5.74, 6) is 0.889. The quantitative estimate of drug-likeness (QED) is 0.758. The third kappa shape index (κ3) is 1.23. The van der Waals surface area contributed by atoms with Crippen LogP contribution in [0.4, 0.5) is 0 Å². The minimum absolute atomic E-state index is 0.139. The molecular weight excluding hydrogens is 204 g/mol. The van der Waals surface area contributed by atoms with E-state index in [1.54, 1.807) is 7.11 Å². The molecule has 3 rings (SSSR count). The van der Waals surface area contributed by atoms with Crippen LogP contribution in [-0.4, -0.2) is 37.6 Å². The van der Waals surface area contributed by atoms with Crippen LogP contribution in [0, 0.1) is 0 Å². The zero-order chi connectivity index (χ0) is 11.1. The lowest BCUT2D eigenvalue weighted by Crippen LogP contribution is -2.44. The Morgan fingerprint density at radius 3 is 3.19 bits per heavy atom. The summed E-state index contributed by atoms with van der Waals surface area (Å²) < 4.78 is 5.15. The molecule has 4 nitrogen and oxygen atoms in total. The van der Waals surface area contributed by atoms with Crippen molar-refractivity contribution in [3.8, 4) is 5.75 Å². The summed E-state index contributed by atoms with van der Waals surface area (Å²) in [6.07, 6.45) is 0. The van der Waals surface area contributed by atoms with Gasteiger partial charge in [0, 0.05) is 25.2 Å². The summed E-state index contributed by atoms with van der Waals surface area (Å²) in [4.78, 5) is 14.1. The number of ether oxygens (including phenoxy) is 1. The molecule has 4 heteroatoms. The van der Waals surface area contributed by atoms with Gasteiger partial charge in [-0.25, -0.2) is 0 Å². The fraction of sp³-hybridized carbons (Fsp3) is 0.417. The van der Waals surface area contributed by atoms with Crippen molar-refractivity contribution < 1.29 is 9.53 Å². The van der Waals surface area contributed by atoms with Crippen molar-refractivity contribution in [1.29, 1.82) is 0 Å². The Hall–Kier alpha value is -1.55. The van der Waals surface area contributed by atoms with Crippen molar-refractivity contribution >= 4 is 5.91 Å². The molecular formula is C12H14N2O2. The van der Waals surface area contributed by atoms with E-state index in [2.05, 4.69) is 5.32 Å². The Balaban J connectivity index is 2.06. The first-order valence-corrected chi connectivity index (χ1v) is 5.51. The fourth-order valence-corrected chi connectivity index (χ4v) is 2.52. The molecule has 1 N–H and O–H groups in total. The lowest BCUT2D eigenvalue weighted by molar-refractivity contribution is 0.0690. The normalized spacial score (nSPS) is 22.9. The molecule has 0 bridgehead atoms. The van der Waals surface area contributed by atoms with Gasteiger partial charge in [0.1, 0.15) is 5.75 Å². The first kappa shape index (κ1) is 9.66. The molecule has 1 saturated heterocycles. The van der Waals surface area contributed by atoms with Crippen molar-refractivity contribution in [2.45, 2.75) is 6.04 Å². The van der Waals surface area contributed by atoms with Gasteiger partial charge < -0.3 is 15.0 Å². The molecule has 1 aromatic carbocycles. The Bertz CT molecular complexity index is 445. The van der Waals surface area contributed by atoms with Gasteiger partial charge in [0.15, 0.2) is 0 Å². The van der Waals surface area contributed by atoms with E-state index in [4.69, 9.17) is 4.74 Å². The van der Waals surface area contributed by atoms with Crippen LogP contribution >= 0.6 is 0 Å². The summed E-state index contributed by atoms with van der Waals surface area (Å²) in [5.41, 5.74) is 1.92. The molecule has 1 aromatic rings. The number of benzene rings is 1. The van der Waals surface area contributed by atoms with Crippen molar-refractivity contribution in [3.63, 3.8) is 0 Å². The van der Waals surface area contributed by atoms with Crippen LogP contribution in [-0.2, 0) is 0 Å². The highest BCUT2D eigenvalue weighted by Gasteiger charge is 2.37. The molecule has 0 aliphatic carbocycles. The highest BCUT2D eigenvalue weighted by atomic mass is 16.5. The van der Waals surface area contributed by atoms with Crippen molar-refractivity contribution in [2.75, 3.05) is 26.7 Å². The number of carbonyl (C=O) groups excluding carboxylic acids is 1. The maximum atomic E-state index is 12.1. The number of hydrogen-bond donors (Lipinski definition) is 1. The average Bonchev–Trinajstić information content (AvgIpc) is 2.64. The molecule has 0 spiro atoms. The number of fused-ring (bicyclic) bond motifs is 3. The van der Waals surface area contributed by atoms with E-state index in [0.29, 0.717) is 0 Å². The maximum Gasteiger partial charge on any atom is 0.254 e. The monoisotopic (exact) mass is 218 g/mol. The van der Waals surface area contributed by atoms with E-state index in [0.717, 1.165) is 36.5 Å². The predicted molar refractivity (Wildman–Crippen MR) is 59.6 cm³/mol. The Morgan fingerprint density at radius 1 is 1.50 bits per heavy atom. The Labute approximate surface area is 94.2 Å². The number of amides is 1. The number of nitrogens with zero attached hydrogens (tertiary/aromatic N) is 1. The maximum absolute atomic E-state index is 12.1. The molecule has 1 amide bonds. The number of hydrogen-bond acceptors (Lipinski definition) is 3. The molecule has 1 fully saturated rings. The van der Waals surface area contributed by atoms with Crippen LogP contribution in [0.25, 0.3) is 0 Å². The van der Waals surface area contributed by atoms with Crippen LogP contribution in [0.3, 0.4) is 0 Å². The highest BCUT2D eigenvalue weighted by molar-refractivity contribution is 5.99. The van der Waals surface area contributed by atoms with Gasteiger partial charge in [-0.15, -0.1) is 0 Å². The van der Waals surface area contributed by atoms with Gasteiger partial charge in [-0.1, -0.05) is 6.07 Å². The smallest absolute Gasteiger partial charge is 0.254 e. The van der Waals surface area contributed by atoms with E-state index < -0.39 is 0 Å². The van der Waals surface area contributed by atoms with Crippen LogP contribution in [0.2, 0.25) is 0 Å². The number of rotatable bonds is 1. The van der Waals surface area contributed by atoms with E-state index >= 15 is 0 Å². The molecule has 1 unspecified atom stereocenters. The van der Waals surface area contributed by atoms with Crippen molar-refractivity contribution in [3.05, 3.63) is 29.3 Å². The summed E-state index contributed by atoms with van der Waals surface area (Å²) in [6.45, 7) is 2.53. The molecule has 0 aromatic heterocycles. The zero-order valence-electron chi connectivity index (χ0n) is 9.19. The Kier molecular flexibility index (Phi) is 2.11. The number of carbonyl (C=O) groups is 1. The minimum Gasteiger partial charge on any atom is -0.497 e. The third-order valence-electron chi connectivity index (χ3n) is 3.35. The second-order valence-corrected chi connectivity index (χ2v) is 4.17. The average molecular weight is 218 g/mol. The van der Waals surface area contributed by atoms with Crippen molar-refractivity contribution in [2.24, 2.45) is 0 Å². The molecule has 0 saturated carbocycles. The standard InChI is InChI=1S/C12H14N2O2/c1-16-8-2-3-9-10(6-8)12(15)14-5-4-13-7-11(9)14/h2-3,6,11,13H,4-5,7H2,1H3. The molecule has 2 aliphatic heterocycles. The van der Waals surface area contributed by atoms with Crippen molar-refractivity contribution in [1.82, 2.24) is 10.2 Å². The Morgan fingerprint density at radius 2 is 2.38 bits per heavy atom. The predicted octanol–water partition coefficient (Wildman–Crippen LogP) is 0.795. The molecule has 2 heterocycles. The lowest BCUT2D eigenvalue weighted by atomic mass is 10.0. The van der Waals surface area contributed by atoms with Gasteiger partial charge in [0.05, 0.1) is 13.2 Å². The van der Waals surface area contributed by atoms with Crippen LogP contribution < -0.4 is 10.1 Å². The molecule has 2 aliphatic rings. The number of piperazine rings is 1. The fourth-order valence-electron chi connectivity index (χ4n) is 2.52. The second-order valence-electron chi connectivity index (χ2n) is 4.17. The number of methoxy groups -OCH3 is 1. The number of nitrogens with one attached hydrogen (secondary N) is 1. The lowest BCUT2D eigenvalue weighted by Gasteiger charge is -2.30. The summed E-state index contributed by atoms with van der Waals surface area (Å²) >= 11 is 0. The SMILES string of the molecule is COc1ccc2c(c1)C(=O)N1CCNCC21. The minimum atomic E-state index is 0.139. The molecule has 1 atom stereocenters. The van der Waals surface area contributed by atoms with E-state index in [1.165, 1.54) is 0 Å². The molecule has 0 radical (unpaired) electrons. The highest BCUT2D eigenvalue weighted by Crippen LogP contribution is 2.35. The van der Waals surface area contributed by atoms with Gasteiger partial charge in [-0.3, -0.25) is 4.79 Å². The first-order chi connectivity index (χ1) is 7.81. The van der Waals surface area contributed by atoms with Gasteiger partial charge in [-0.05, 0) is 17.7 Å². The largest absolute Gasteiger partial charge is 0.497 e. The van der Waals surface area contributed by atoms with E-state index in [-0.39, 0.29) is 11.9 Å². The zero-order valence-corrected chi connectivity index (χ0v) is 9.19. The van der Waals surface area contributed by atoms with Gasteiger partial charge in [-0.2, -0.15) is 0 Å². The van der Waals surface area contributed by atoms with Gasteiger partial charge in [0.25, 0.3) is 5.91 Å². The summed E-state index contributed by atoms with van der Waals surface area (Å²) in [6, 6.07) is 5.98. The molecule has 16 heavy (non-hydrogen) atoms. The van der Waals surface area contributed by atoms with Crippen LogP contribution in [0.1, 0.15) is 22.0 Å². The topological polar surface area (TPSA) is 41.6 Å². The van der Waals surface area contributed by atoms with E-state index in [1.807, 2.05) is 23.1 Å². The van der Waals surface area contributed by atoms with Gasteiger partial charge >= 0.3 is 0 Å².